The van der Waals surface area contributed by atoms with Crippen molar-refractivity contribution in [3.8, 4) is 11.5 Å². The van der Waals surface area contributed by atoms with Gasteiger partial charge in [0, 0.05) is 43.3 Å². The zero-order valence-electron chi connectivity index (χ0n) is 20.8. The number of nitrogens with zero attached hydrogens (tertiary/aromatic N) is 2. The summed E-state index contributed by atoms with van der Waals surface area (Å²) >= 11 is 0. The molecule has 1 amide bonds. The summed E-state index contributed by atoms with van der Waals surface area (Å²) in [6.45, 7) is 0. The van der Waals surface area contributed by atoms with Crippen molar-refractivity contribution in [2.75, 3.05) is 24.3 Å². The molecule has 1 fully saturated rings. The molecule has 0 atom stereocenters. The molecule has 5 rings (SSSR count). The van der Waals surface area contributed by atoms with Crippen LogP contribution < -0.4 is 20.3 Å². The minimum absolute atomic E-state index is 0.0928. The normalized spacial score (nSPS) is 17.4. The molecule has 1 aliphatic carbocycles. The van der Waals surface area contributed by atoms with Gasteiger partial charge in [0.1, 0.15) is 17.3 Å². The second-order valence-electron chi connectivity index (χ2n) is 9.52. The summed E-state index contributed by atoms with van der Waals surface area (Å²) < 4.78 is 5.98. The summed E-state index contributed by atoms with van der Waals surface area (Å²) in [4.78, 5) is 20.1. The fraction of sp³-hybridized carbons (Fsp3) is 0.267. The van der Waals surface area contributed by atoms with Gasteiger partial charge < -0.3 is 20.3 Å². The molecule has 0 saturated heterocycles. The van der Waals surface area contributed by atoms with Crippen LogP contribution in [0.5, 0.6) is 11.5 Å². The van der Waals surface area contributed by atoms with E-state index in [4.69, 9.17) is 9.72 Å². The average molecular weight is 481 g/mol. The summed E-state index contributed by atoms with van der Waals surface area (Å²) in [5.74, 6) is 2.08. The molecular weight excluding hydrogens is 448 g/mol. The van der Waals surface area contributed by atoms with Crippen molar-refractivity contribution < 1.29 is 9.53 Å². The average Bonchev–Trinajstić information content (AvgIpc) is 2.90. The largest absolute Gasteiger partial charge is 0.457 e. The molecule has 1 aliphatic rings. The van der Waals surface area contributed by atoms with Crippen molar-refractivity contribution in [2.45, 2.75) is 37.8 Å². The number of hydrogen-bond donors (Lipinski definition) is 2. The first-order valence-electron chi connectivity index (χ1n) is 12.5. The zero-order chi connectivity index (χ0) is 24.9. The predicted molar refractivity (Wildman–Crippen MR) is 146 cm³/mol. The number of aromatic nitrogens is 1. The molecule has 0 unspecified atom stereocenters. The van der Waals surface area contributed by atoms with E-state index in [-0.39, 0.29) is 11.9 Å². The van der Waals surface area contributed by atoms with E-state index >= 15 is 0 Å². The van der Waals surface area contributed by atoms with Crippen molar-refractivity contribution >= 4 is 28.3 Å². The van der Waals surface area contributed by atoms with E-state index in [1.165, 1.54) is 0 Å². The van der Waals surface area contributed by atoms with Crippen LogP contribution in [-0.4, -0.2) is 37.1 Å². The van der Waals surface area contributed by atoms with E-state index < -0.39 is 0 Å². The number of fused-ring (bicyclic) bond motifs is 1. The molecule has 184 valence electrons. The summed E-state index contributed by atoms with van der Waals surface area (Å²) in [6.07, 6.45) is 3.77. The number of para-hydroxylation sites is 3. The van der Waals surface area contributed by atoms with Crippen LogP contribution >= 0.6 is 0 Å². The van der Waals surface area contributed by atoms with Gasteiger partial charge >= 0.3 is 0 Å². The number of nitrogens with one attached hydrogen (secondary N) is 2. The van der Waals surface area contributed by atoms with Crippen LogP contribution in [-0.2, 0) is 0 Å². The predicted octanol–water partition coefficient (Wildman–Crippen LogP) is 6.25. The van der Waals surface area contributed by atoms with Gasteiger partial charge in [0.05, 0.1) is 11.1 Å². The Balaban J connectivity index is 1.20. The number of anilines is 2. The van der Waals surface area contributed by atoms with E-state index in [9.17, 15) is 4.79 Å². The van der Waals surface area contributed by atoms with Gasteiger partial charge in [-0.05, 0) is 56.0 Å². The maximum atomic E-state index is 13.1. The highest BCUT2D eigenvalue weighted by atomic mass is 16.5. The monoisotopic (exact) mass is 480 g/mol. The van der Waals surface area contributed by atoms with Crippen molar-refractivity contribution in [1.29, 1.82) is 0 Å². The van der Waals surface area contributed by atoms with Gasteiger partial charge in [0.2, 0.25) is 0 Å². The highest BCUT2D eigenvalue weighted by Crippen LogP contribution is 2.30. The fourth-order valence-corrected chi connectivity index (χ4v) is 4.81. The Morgan fingerprint density at radius 3 is 2.31 bits per heavy atom. The lowest BCUT2D eigenvalue weighted by Crippen LogP contribution is -2.40. The molecule has 2 N–H and O–H groups in total. The Morgan fingerprint density at radius 1 is 0.861 bits per heavy atom. The smallest absolute Gasteiger partial charge is 0.255 e. The van der Waals surface area contributed by atoms with Crippen LogP contribution in [0.25, 0.3) is 10.9 Å². The molecule has 6 heteroatoms. The van der Waals surface area contributed by atoms with E-state index in [2.05, 4.69) is 47.8 Å². The number of carbonyl (C=O) groups is 1. The van der Waals surface area contributed by atoms with Crippen LogP contribution in [0.3, 0.4) is 0 Å². The second kappa shape index (κ2) is 10.7. The lowest BCUT2D eigenvalue weighted by Gasteiger charge is -2.30. The van der Waals surface area contributed by atoms with Crippen LogP contribution in [0.15, 0.2) is 84.9 Å². The van der Waals surface area contributed by atoms with Crippen molar-refractivity contribution in [2.24, 2.45) is 0 Å². The fourth-order valence-electron chi connectivity index (χ4n) is 4.81. The third-order valence-corrected chi connectivity index (χ3v) is 6.69. The van der Waals surface area contributed by atoms with Crippen LogP contribution in [0, 0.1) is 0 Å². The lowest BCUT2D eigenvalue weighted by molar-refractivity contribution is 0.0924. The molecule has 1 heterocycles. The maximum Gasteiger partial charge on any atom is 0.255 e. The Hall–Kier alpha value is -4.06. The number of carbonyl (C=O) groups excluding carboxylic acids is 1. The number of rotatable bonds is 7. The third-order valence-electron chi connectivity index (χ3n) is 6.69. The summed E-state index contributed by atoms with van der Waals surface area (Å²) in [6, 6.07) is 27.8. The zero-order valence-corrected chi connectivity index (χ0v) is 20.8. The van der Waals surface area contributed by atoms with Gasteiger partial charge in [-0.25, -0.2) is 4.98 Å². The van der Waals surface area contributed by atoms with E-state index in [1.54, 1.807) is 0 Å². The van der Waals surface area contributed by atoms with Crippen molar-refractivity contribution in [1.82, 2.24) is 10.3 Å². The Kier molecular flexibility index (Phi) is 7.03. The molecule has 1 saturated carbocycles. The quantitative estimate of drug-likeness (QED) is 0.327. The molecule has 3 aromatic carbocycles. The minimum atomic E-state index is -0.0928. The minimum Gasteiger partial charge on any atom is -0.457 e. The third kappa shape index (κ3) is 5.43. The van der Waals surface area contributed by atoms with Gasteiger partial charge in [-0.2, -0.15) is 0 Å². The maximum absolute atomic E-state index is 13.1. The van der Waals surface area contributed by atoms with E-state index in [0.717, 1.165) is 48.1 Å². The van der Waals surface area contributed by atoms with Crippen LogP contribution in [0.4, 0.5) is 11.5 Å². The number of pyridine rings is 1. The summed E-state index contributed by atoms with van der Waals surface area (Å²) in [7, 11) is 4.12. The Morgan fingerprint density at radius 2 is 1.53 bits per heavy atom. The number of amides is 1. The molecule has 6 nitrogen and oxygen atoms in total. The molecule has 36 heavy (non-hydrogen) atoms. The van der Waals surface area contributed by atoms with Gasteiger partial charge in [0.25, 0.3) is 5.91 Å². The van der Waals surface area contributed by atoms with Gasteiger partial charge in [-0.15, -0.1) is 0 Å². The molecule has 0 radical (unpaired) electrons. The number of benzene rings is 3. The SMILES string of the molecule is CN(C)c1cc(NC2CCC(NC(=O)c3ccccc3Oc3ccccc3)CC2)nc2ccccc12. The van der Waals surface area contributed by atoms with Crippen LogP contribution in [0.2, 0.25) is 0 Å². The van der Waals surface area contributed by atoms with E-state index in [0.29, 0.717) is 23.1 Å². The van der Waals surface area contributed by atoms with Crippen molar-refractivity contribution in [3.63, 3.8) is 0 Å². The second-order valence-corrected chi connectivity index (χ2v) is 9.52. The van der Waals surface area contributed by atoms with Crippen molar-refractivity contribution in [3.05, 3.63) is 90.5 Å². The number of ether oxygens (including phenoxy) is 1. The molecule has 4 aromatic rings. The molecule has 1 aromatic heterocycles. The topological polar surface area (TPSA) is 66.5 Å². The standard InChI is InChI=1S/C30H32N4O2/c1-34(2)27-20-29(33-26-14-8-6-12-24(26)27)31-21-16-18-22(19-17-21)32-30(35)25-13-7-9-15-28(25)36-23-10-4-3-5-11-23/h3-15,20-22H,16-19H2,1-2H3,(H,31,33)(H,32,35). The molecule has 0 aliphatic heterocycles. The van der Waals surface area contributed by atoms with Crippen LogP contribution in [0.1, 0.15) is 36.0 Å². The van der Waals surface area contributed by atoms with Gasteiger partial charge in [-0.1, -0.05) is 48.5 Å². The molecule has 0 bridgehead atoms. The highest BCUT2D eigenvalue weighted by molar-refractivity contribution is 5.97. The Labute approximate surface area is 212 Å². The van der Waals surface area contributed by atoms with E-state index in [1.807, 2.05) is 66.7 Å². The number of hydrogen-bond acceptors (Lipinski definition) is 5. The molecule has 0 spiro atoms. The first-order valence-corrected chi connectivity index (χ1v) is 12.5. The van der Waals surface area contributed by atoms with Gasteiger partial charge in [0.15, 0.2) is 0 Å². The van der Waals surface area contributed by atoms with Gasteiger partial charge in [-0.3, -0.25) is 4.79 Å². The lowest BCUT2D eigenvalue weighted by atomic mass is 9.91. The highest BCUT2D eigenvalue weighted by Gasteiger charge is 2.24. The summed E-state index contributed by atoms with van der Waals surface area (Å²) in [5.41, 5.74) is 2.70. The summed E-state index contributed by atoms with van der Waals surface area (Å²) in [5, 5.41) is 8.01. The first kappa shape index (κ1) is 23.7. The molecular formula is C30H32N4O2. The first-order chi connectivity index (χ1) is 17.6. The Bertz CT molecular complexity index is 1330.